The molecule has 1 spiro atoms. The monoisotopic (exact) mass is 317 g/mol. The lowest BCUT2D eigenvalue weighted by molar-refractivity contribution is -0.141. The minimum Gasteiger partial charge on any atom is -0.497 e. The average molecular weight is 317 g/mol. The molecule has 2 N–H and O–H groups in total. The van der Waals surface area contributed by atoms with Gasteiger partial charge in [-0.1, -0.05) is 0 Å². The summed E-state index contributed by atoms with van der Waals surface area (Å²) in [4.78, 5) is 19.1. The fourth-order valence-corrected chi connectivity index (χ4v) is 3.73. The average Bonchev–Trinajstić information content (AvgIpc) is 2.80. The molecular formula is C16H19N3O4. The molecule has 3 aliphatic heterocycles. The summed E-state index contributed by atoms with van der Waals surface area (Å²) < 4.78 is 17.1. The molecule has 3 aliphatic rings. The van der Waals surface area contributed by atoms with Crippen molar-refractivity contribution in [3.63, 3.8) is 0 Å². The lowest BCUT2D eigenvalue weighted by Crippen LogP contribution is -2.56. The van der Waals surface area contributed by atoms with Gasteiger partial charge in [-0.25, -0.2) is 4.99 Å². The first-order valence-corrected chi connectivity index (χ1v) is 7.64. The molecule has 23 heavy (non-hydrogen) atoms. The zero-order chi connectivity index (χ0) is 16.2. The molecule has 7 heteroatoms. The molecule has 4 rings (SSSR count). The number of guanidine groups is 1. The third-order valence-electron chi connectivity index (χ3n) is 4.97. The number of benzene rings is 1. The third kappa shape index (κ3) is 1.80. The first kappa shape index (κ1) is 14.3. The van der Waals surface area contributed by atoms with E-state index in [-0.39, 0.29) is 23.9 Å². The summed E-state index contributed by atoms with van der Waals surface area (Å²) in [6.45, 7) is 1.03. The van der Waals surface area contributed by atoms with Crippen LogP contribution >= 0.6 is 0 Å². The maximum Gasteiger partial charge on any atom is 0.262 e. The van der Waals surface area contributed by atoms with Crippen LogP contribution < -0.4 is 15.2 Å². The number of amides is 1. The van der Waals surface area contributed by atoms with E-state index in [0.717, 1.165) is 6.42 Å². The van der Waals surface area contributed by atoms with Crippen molar-refractivity contribution in [2.24, 2.45) is 16.6 Å². The SMILES string of the molecule is COc1ccc2c(c1)C1(N=C(N)N(C)C1=O)[C@H]1COCCC1O2. The second-order valence-electron chi connectivity index (χ2n) is 6.09. The topological polar surface area (TPSA) is 86.4 Å². The Kier molecular flexibility index (Phi) is 3.02. The second-order valence-corrected chi connectivity index (χ2v) is 6.09. The highest BCUT2D eigenvalue weighted by Crippen LogP contribution is 2.51. The van der Waals surface area contributed by atoms with Gasteiger partial charge in [-0.15, -0.1) is 0 Å². The predicted octanol–water partition coefficient (Wildman–Crippen LogP) is 0.475. The van der Waals surface area contributed by atoms with Crippen molar-refractivity contribution in [1.82, 2.24) is 4.90 Å². The minimum atomic E-state index is -1.09. The molecule has 0 saturated carbocycles. The Labute approximate surface area is 134 Å². The number of hydrogen-bond acceptors (Lipinski definition) is 6. The van der Waals surface area contributed by atoms with Gasteiger partial charge in [0, 0.05) is 19.0 Å². The Bertz CT molecular complexity index is 705. The summed E-state index contributed by atoms with van der Waals surface area (Å²) in [5, 5.41) is 0. The van der Waals surface area contributed by atoms with Crippen LogP contribution in [0.3, 0.4) is 0 Å². The molecule has 7 nitrogen and oxygen atoms in total. The van der Waals surface area contributed by atoms with Gasteiger partial charge in [0.15, 0.2) is 11.5 Å². The van der Waals surface area contributed by atoms with E-state index >= 15 is 0 Å². The molecule has 0 bridgehead atoms. The molecule has 0 aromatic heterocycles. The van der Waals surface area contributed by atoms with Gasteiger partial charge in [-0.05, 0) is 18.2 Å². The zero-order valence-corrected chi connectivity index (χ0v) is 13.1. The summed E-state index contributed by atoms with van der Waals surface area (Å²) in [5.41, 5.74) is 5.57. The van der Waals surface area contributed by atoms with Crippen LogP contribution in [-0.2, 0) is 15.1 Å². The van der Waals surface area contributed by atoms with Gasteiger partial charge in [0.2, 0.25) is 0 Å². The summed E-state index contributed by atoms with van der Waals surface area (Å²) in [7, 11) is 3.23. The predicted molar refractivity (Wildman–Crippen MR) is 82.4 cm³/mol. The molecule has 1 aromatic rings. The van der Waals surface area contributed by atoms with E-state index in [1.54, 1.807) is 14.2 Å². The number of rotatable bonds is 1. The normalized spacial score (nSPS) is 32.2. The van der Waals surface area contributed by atoms with Crippen molar-refractivity contribution in [2.45, 2.75) is 18.1 Å². The van der Waals surface area contributed by atoms with E-state index < -0.39 is 5.54 Å². The summed E-state index contributed by atoms with van der Waals surface area (Å²) in [6.07, 6.45) is 0.612. The lowest BCUT2D eigenvalue weighted by Gasteiger charge is -2.45. The van der Waals surface area contributed by atoms with Crippen LogP contribution in [0.25, 0.3) is 0 Å². The Morgan fingerprint density at radius 1 is 1.48 bits per heavy atom. The van der Waals surface area contributed by atoms with Gasteiger partial charge < -0.3 is 19.9 Å². The maximum atomic E-state index is 13.1. The van der Waals surface area contributed by atoms with Gasteiger partial charge in [0.1, 0.15) is 17.6 Å². The molecule has 0 radical (unpaired) electrons. The van der Waals surface area contributed by atoms with E-state index in [2.05, 4.69) is 4.99 Å². The number of ether oxygens (including phenoxy) is 3. The van der Waals surface area contributed by atoms with Gasteiger partial charge in [-0.2, -0.15) is 0 Å². The Morgan fingerprint density at radius 3 is 3.00 bits per heavy atom. The van der Waals surface area contributed by atoms with Crippen molar-refractivity contribution in [2.75, 3.05) is 27.4 Å². The summed E-state index contributed by atoms with van der Waals surface area (Å²) in [5.74, 6) is 1.18. The van der Waals surface area contributed by atoms with E-state index in [4.69, 9.17) is 19.9 Å². The van der Waals surface area contributed by atoms with Crippen molar-refractivity contribution in [3.8, 4) is 11.5 Å². The standard InChI is InChI=1S/C16H19N3O4/c1-19-14(20)16(18-15(19)17)10-7-9(21-2)3-4-12(10)23-13-5-6-22-8-11(13)16/h3-4,7,11,13H,5-6,8H2,1-2H3,(H2,17,18)/t11-,13?,16?/m0/s1. The molecule has 3 atom stereocenters. The van der Waals surface area contributed by atoms with Crippen LogP contribution in [0.2, 0.25) is 0 Å². The van der Waals surface area contributed by atoms with Crippen LogP contribution in [0.1, 0.15) is 12.0 Å². The number of aliphatic imine (C=N–C) groups is 1. The maximum absolute atomic E-state index is 13.1. The van der Waals surface area contributed by atoms with Crippen LogP contribution in [0, 0.1) is 5.92 Å². The Hall–Kier alpha value is -2.28. The van der Waals surface area contributed by atoms with Crippen LogP contribution in [0.4, 0.5) is 0 Å². The van der Waals surface area contributed by atoms with Gasteiger partial charge in [0.05, 0.1) is 26.2 Å². The number of carbonyl (C=O) groups is 1. The number of nitrogens with zero attached hydrogens (tertiary/aromatic N) is 2. The first-order valence-electron chi connectivity index (χ1n) is 7.64. The largest absolute Gasteiger partial charge is 0.497 e. The van der Waals surface area contributed by atoms with Crippen LogP contribution in [-0.4, -0.2) is 50.2 Å². The number of methoxy groups -OCH3 is 1. The highest BCUT2D eigenvalue weighted by atomic mass is 16.5. The quantitative estimate of drug-likeness (QED) is 0.814. The van der Waals surface area contributed by atoms with Gasteiger partial charge in [0.25, 0.3) is 5.91 Å². The number of likely N-dealkylation sites (N-methyl/N-ethyl adjacent to an activating group) is 1. The highest BCUT2D eigenvalue weighted by Gasteiger charge is 2.60. The molecule has 0 aliphatic carbocycles. The minimum absolute atomic E-state index is 0.114. The van der Waals surface area contributed by atoms with Crippen molar-refractivity contribution in [3.05, 3.63) is 23.8 Å². The first-order chi connectivity index (χ1) is 11.1. The molecule has 1 saturated heterocycles. The van der Waals surface area contributed by atoms with Crippen molar-refractivity contribution >= 4 is 11.9 Å². The fraction of sp³-hybridized carbons (Fsp3) is 0.500. The molecule has 2 unspecified atom stereocenters. The van der Waals surface area contributed by atoms with E-state index in [1.165, 1.54) is 4.90 Å². The highest BCUT2D eigenvalue weighted by molar-refractivity contribution is 6.07. The third-order valence-corrected chi connectivity index (χ3v) is 4.97. The number of nitrogens with two attached hydrogens (primary N) is 1. The van der Waals surface area contributed by atoms with Crippen molar-refractivity contribution < 1.29 is 19.0 Å². The van der Waals surface area contributed by atoms with Crippen LogP contribution in [0.15, 0.2) is 23.2 Å². The fourth-order valence-electron chi connectivity index (χ4n) is 3.73. The Morgan fingerprint density at radius 2 is 2.30 bits per heavy atom. The van der Waals surface area contributed by atoms with Crippen LogP contribution in [0.5, 0.6) is 11.5 Å². The summed E-state index contributed by atoms with van der Waals surface area (Å²) >= 11 is 0. The van der Waals surface area contributed by atoms with E-state index in [1.807, 2.05) is 18.2 Å². The van der Waals surface area contributed by atoms with Gasteiger partial charge in [-0.3, -0.25) is 9.69 Å². The molecule has 3 heterocycles. The number of fused-ring (bicyclic) bond motifs is 4. The van der Waals surface area contributed by atoms with Gasteiger partial charge >= 0.3 is 0 Å². The lowest BCUT2D eigenvalue weighted by atomic mass is 9.71. The smallest absolute Gasteiger partial charge is 0.262 e. The molecule has 122 valence electrons. The molecule has 1 fully saturated rings. The van der Waals surface area contributed by atoms with Crippen molar-refractivity contribution in [1.29, 1.82) is 0 Å². The number of hydrogen-bond donors (Lipinski definition) is 1. The second kappa shape index (κ2) is 4.86. The molecule has 1 aromatic carbocycles. The van der Waals surface area contributed by atoms with E-state index in [9.17, 15) is 4.79 Å². The molecule has 1 amide bonds. The van der Waals surface area contributed by atoms with E-state index in [0.29, 0.717) is 30.3 Å². The Balaban J connectivity index is 1.96. The molecular weight excluding hydrogens is 298 g/mol. The zero-order valence-electron chi connectivity index (χ0n) is 13.1. The number of carbonyl (C=O) groups excluding carboxylic acids is 1. The summed E-state index contributed by atoms with van der Waals surface area (Å²) in [6, 6.07) is 5.47.